The minimum absolute atomic E-state index is 0.684. The molecule has 20 heavy (non-hydrogen) atoms. The topological polar surface area (TPSA) is 50.3 Å². The van der Waals surface area contributed by atoms with E-state index in [2.05, 4.69) is 26.3 Å². The Morgan fingerprint density at radius 2 is 2.15 bits per heavy atom. The Balaban J connectivity index is 1.83. The van der Waals surface area contributed by atoms with E-state index in [9.17, 15) is 0 Å². The molecule has 1 aromatic carbocycles. The Morgan fingerprint density at radius 3 is 3.15 bits per heavy atom. The van der Waals surface area contributed by atoms with Gasteiger partial charge in [-0.2, -0.15) is 0 Å². The first kappa shape index (κ1) is 11.7. The zero-order chi connectivity index (χ0) is 13.4. The van der Waals surface area contributed by atoms with Crippen LogP contribution in [0.3, 0.4) is 0 Å². The van der Waals surface area contributed by atoms with Gasteiger partial charge in [0.05, 0.1) is 17.9 Å². The molecule has 2 aliphatic heterocycles. The van der Waals surface area contributed by atoms with E-state index in [-0.39, 0.29) is 0 Å². The summed E-state index contributed by atoms with van der Waals surface area (Å²) in [5.74, 6) is 1.94. The van der Waals surface area contributed by atoms with E-state index in [1.807, 2.05) is 18.2 Å². The highest BCUT2D eigenvalue weighted by atomic mass is 16.5. The number of anilines is 2. The number of nitrogens with zero attached hydrogens (tertiary/aromatic N) is 3. The maximum atomic E-state index is 5.72. The van der Waals surface area contributed by atoms with Crippen molar-refractivity contribution in [3.8, 4) is 5.75 Å². The van der Waals surface area contributed by atoms with Gasteiger partial charge in [0.25, 0.3) is 0 Å². The van der Waals surface area contributed by atoms with E-state index in [4.69, 9.17) is 4.74 Å². The fourth-order valence-electron chi connectivity index (χ4n) is 2.88. The lowest BCUT2D eigenvalue weighted by Gasteiger charge is -2.32. The third-order valence-electron chi connectivity index (χ3n) is 3.84. The van der Waals surface area contributed by atoms with Gasteiger partial charge in [0.2, 0.25) is 0 Å². The highest BCUT2D eigenvalue weighted by molar-refractivity contribution is 5.70. The Morgan fingerprint density at radius 1 is 1.20 bits per heavy atom. The maximum Gasteiger partial charge on any atom is 0.143 e. The van der Waals surface area contributed by atoms with Crippen LogP contribution in [0.25, 0.3) is 0 Å². The molecule has 5 heteroatoms. The van der Waals surface area contributed by atoms with Crippen molar-refractivity contribution in [1.29, 1.82) is 0 Å². The molecule has 102 valence electrons. The summed E-state index contributed by atoms with van der Waals surface area (Å²) >= 11 is 0. The summed E-state index contributed by atoms with van der Waals surface area (Å²) in [5.41, 5.74) is 3.47. The number of benzene rings is 1. The molecule has 0 spiro atoms. The van der Waals surface area contributed by atoms with Crippen molar-refractivity contribution in [1.82, 2.24) is 15.3 Å². The highest BCUT2D eigenvalue weighted by Gasteiger charge is 2.24. The van der Waals surface area contributed by atoms with Gasteiger partial charge in [0.1, 0.15) is 24.5 Å². The Labute approximate surface area is 117 Å². The molecule has 0 atom stereocenters. The lowest BCUT2D eigenvalue weighted by Crippen LogP contribution is -2.33. The first-order chi connectivity index (χ1) is 9.93. The Hall–Kier alpha value is -2.14. The first-order valence-electron chi connectivity index (χ1n) is 6.96. The molecular formula is C15H16N4O. The molecule has 0 saturated carbocycles. The molecule has 0 unspecified atom stereocenters. The van der Waals surface area contributed by atoms with Crippen LogP contribution in [0.2, 0.25) is 0 Å². The van der Waals surface area contributed by atoms with Gasteiger partial charge in [-0.1, -0.05) is 12.1 Å². The van der Waals surface area contributed by atoms with Gasteiger partial charge in [-0.3, -0.25) is 0 Å². The van der Waals surface area contributed by atoms with Gasteiger partial charge < -0.3 is 15.0 Å². The zero-order valence-corrected chi connectivity index (χ0v) is 11.2. The van der Waals surface area contributed by atoms with Crippen molar-refractivity contribution in [2.75, 3.05) is 24.6 Å². The number of rotatable bonds is 1. The molecule has 1 N–H and O–H groups in total. The molecular weight excluding hydrogens is 252 g/mol. The number of hydrogen-bond donors (Lipinski definition) is 1. The summed E-state index contributed by atoms with van der Waals surface area (Å²) in [6.45, 7) is 3.33. The van der Waals surface area contributed by atoms with E-state index in [1.165, 1.54) is 5.56 Å². The van der Waals surface area contributed by atoms with E-state index >= 15 is 0 Å². The van der Waals surface area contributed by atoms with Gasteiger partial charge in [0, 0.05) is 25.1 Å². The van der Waals surface area contributed by atoms with E-state index < -0.39 is 0 Å². The van der Waals surface area contributed by atoms with Crippen molar-refractivity contribution in [2.45, 2.75) is 13.0 Å². The fraction of sp³-hybridized carbons (Fsp3) is 0.333. The standard InChI is InChI=1S/C15H16N4O/c1-2-4-14-13(3-1)19(7-8-20-14)15-11-9-16-6-5-12(11)17-10-18-15/h1-4,10,16H,5-9H2. The van der Waals surface area contributed by atoms with Crippen LogP contribution in [-0.4, -0.2) is 29.7 Å². The normalized spacial score (nSPS) is 17.1. The third kappa shape index (κ3) is 1.82. The summed E-state index contributed by atoms with van der Waals surface area (Å²) in [7, 11) is 0. The molecule has 0 fully saturated rings. The Bertz CT molecular complexity index is 644. The molecule has 0 aliphatic carbocycles. The Kier molecular flexibility index (Phi) is 2.77. The molecule has 0 saturated heterocycles. The number of ether oxygens (including phenoxy) is 1. The molecule has 3 heterocycles. The van der Waals surface area contributed by atoms with Gasteiger partial charge >= 0.3 is 0 Å². The van der Waals surface area contributed by atoms with Crippen LogP contribution in [0, 0.1) is 0 Å². The quantitative estimate of drug-likeness (QED) is 0.852. The van der Waals surface area contributed by atoms with E-state index in [0.717, 1.165) is 49.0 Å². The number of aromatic nitrogens is 2. The first-order valence-corrected chi connectivity index (χ1v) is 6.96. The number of para-hydroxylation sites is 2. The number of hydrogen-bond acceptors (Lipinski definition) is 5. The van der Waals surface area contributed by atoms with Crippen LogP contribution >= 0.6 is 0 Å². The second kappa shape index (κ2) is 4.76. The van der Waals surface area contributed by atoms with Crippen LogP contribution in [0.5, 0.6) is 5.75 Å². The van der Waals surface area contributed by atoms with Crippen molar-refractivity contribution in [2.24, 2.45) is 0 Å². The summed E-state index contributed by atoms with van der Waals surface area (Å²) in [6, 6.07) is 8.12. The number of nitrogens with one attached hydrogen (secondary N) is 1. The third-order valence-corrected chi connectivity index (χ3v) is 3.84. The van der Waals surface area contributed by atoms with Gasteiger partial charge in [-0.25, -0.2) is 9.97 Å². The van der Waals surface area contributed by atoms with Crippen molar-refractivity contribution >= 4 is 11.5 Å². The van der Waals surface area contributed by atoms with E-state index in [0.29, 0.717) is 6.61 Å². The SMILES string of the molecule is c1ccc2c(c1)OCCN2c1ncnc2c1CNCC2. The van der Waals surface area contributed by atoms with Crippen molar-refractivity contribution in [3.05, 3.63) is 41.9 Å². The predicted molar refractivity (Wildman–Crippen MR) is 76.4 cm³/mol. The summed E-state index contributed by atoms with van der Waals surface area (Å²) < 4.78 is 5.72. The highest BCUT2D eigenvalue weighted by Crippen LogP contribution is 2.37. The summed E-state index contributed by atoms with van der Waals surface area (Å²) in [5, 5.41) is 3.41. The minimum Gasteiger partial charge on any atom is -0.490 e. The average molecular weight is 268 g/mol. The summed E-state index contributed by atoms with van der Waals surface area (Å²) in [4.78, 5) is 11.2. The zero-order valence-electron chi connectivity index (χ0n) is 11.2. The second-order valence-electron chi connectivity index (χ2n) is 5.02. The van der Waals surface area contributed by atoms with Crippen LogP contribution in [-0.2, 0) is 13.0 Å². The largest absolute Gasteiger partial charge is 0.490 e. The molecule has 2 aromatic rings. The average Bonchev–Trinajstić information content (AvgIpc) is 2.54. The summed E-state index contributed by atoms with van der Waals surface area (Å²) in [6.07, 6.45) is 2.65. The van der Waals surface area contributed by atoms with Gasteiger partial charge in [-0.05, 0) is 12.1 Å². The van der Waals surface area contributed by atoms with Crippen LogP contribution < -0.4 is 15.0 Å². The minimum atomic E-state index is 0.684. The molecule has 0 radical (unpaired) electrons. The molecule has 1 aromatic heterocycles. The molecule has 4 rings (SSSR count). The van der Waals surface area contributed by atoms with Crippen LogP contribution in [0.1, 0.15) is 11.3 Å². The lowest BCUT2D eigenvalue weighted by atomic mass is 10.1. The molecule has 2 aliphatic rings. The van der Waals surface area contributed by atoms with Crippen LogP contribution in [0.15, 0.2) is 30.6 Å². The fourth-order valence-corrected chi connectivity index (χ4v) is 2.88. The molecule has 5 nitrogen and oxygen atoms in total. The molecule has 0 bridgehead atoms. The van der Waals surface area contributed by atoms with Crippen molar-refractivity contribution < 1.29 is 4.74 Å². The van der Waals surface area contributed by atoms with Crippen molar-refractivity contribution in [3.63, 3.8) is 0 Å². The smallest absolute Gasteiger partial charge is 0.143 e. The monoisotopic (exact) mass is 268 g/mol. The maximum absolute atomic E-state index is 5.72. The second-order valence-corrected chi connectivity index (χ2v) is 5.02. The van der Waals surface area contributed by atoms with Crippen LogP contribution in [0.4, 0.5) is 11.5 Å². The molecule has 0 amide bonds. The van der Waals surface area contributed by atoms with E-state index in [1.54, 1.807) is 6.33 Å². The predicted octanol–water partition coefficient (Wildman–Crippen LogP) is 1.65. The number of fused-ring (bicyclic) bond motifs is 2. The lowest BCUT2D eigenvalue weighted by molar-refractivity contribution is 0.313. The van der Waals surface area contributed by atoms with Gasteiger partial charge in [-0.15, -0.1) is 0 Å². The van der Waals surface area contributed by atoms with Gasteiger partial charge in [0.15, 0.2) is 0 Å².